The molecule has 2 nitrogen and oxygen atoms in total. The zero-order valence-corrected chi connectivity index (χ0v) is 18.1. The highest BCUT2D eigenvalue weighted by Gasteiger charge is 2.48. The first-order valence-corrected chi connectivity index (χ1v) is 10.0. The molecule has 3 aromatic rings. The van der Waals surface area contributed by atoms with Crippen LogP contribution in [0.3, 0.4) is 0 Å². The number of benzene rings is 2. The molecule has 1 aliphatic rings. The van der Waals surface area contributed by atoms with E-state index in [0.29, 0.717) is 0 Å². The summed E-state index contributed by atoms with van der Waals surface area (Å²) >= 11 is 0. The van der Waals surface area contributed by atoms with E-state index in [2.05, 4.69) is 108 Å². The molecule has 0 saturated carbocycles. The highest BCUT2D eigenvalue weighted by atomic mass is 16.5. The number of pyridine rings is 1. The lowest BCUT2D eigenvalue weighted by Crippen LogP contribution is -2.41. The summed E-state index contributed by atoms with van der Waals surface area (Å²) < 4.78 is 8.75. The minimum Gasteiger partial charge on any atom is -0.486 e. The van der Waals surface area contributed by atoms with Gasteiger partial charge in [-0.1, -0.05) is 50.2 Å². The second-order valence-corrected chi connectivity index (χ2v) is 9.10. The van der Waals surface area contributed by atoms with Gasteiger partial charge in [0.05, 0.1) is 5.56 Å². The van der Waals surface area contributed by atoms with Crippen molar-refractivity contribution < 1.29 is 9.30 Å². The number of aromatic nitrogens is 1. The van der Waals surface area contributed by atoms with Crippen LogP contribution in [0, 0.1) is 13.8 Å². The van der Waals surface area contributed by atoms with E-state index in [4.69, 9.17) is 4.74 Å². The van der Waals surface area contributed by atoms with E-state index in [1.54, 1.807) is 0 Å². The van der Waals surface area contributed by atoms with Gasteiger partial charge >= 0.3 is 0 Å². The van der Waals surface area contributed by atoms with Gasteiger partial charge in [0.1, 0.15) is 18.4 Å². The summed E-state index contributed by atoms with van der Waals surface area (Å²) in [7, 11) is 2.13. The molecule has 0 fully saturated rings. The van der Waals surface area contributed by atoms with Crippen molar-refractivity contribution in [2.45, 2.75) is 52.6 Å². The lowest BCUT2D eigenvalue weighted by Gasteiger charge is -2.33. The molecule has 28 heavy (non-hydrogen) atoms. The molecule has 144 valence electrons. The molecule has 0 atom stereocenters. The van der Waals surface area contributed by atoms with Crippen LogP contribution in [0.2, 0.25) is 0 Å². The third kappa shape index (κ3) is 2.66. The van der Waals surface area contributed by atoms with Crippen LogP contribution >= 0.6 is 0 Å². The number of hydrogen-bond donors (Lipinski definition) is 0. The topological polar surface area (TPSA) is 13.1 Å². The molecular formula is C26H30NO+. The first-order chi connectivity index (χ1) is 13.1. The van der Waals surface area contributed by atoms with Crippen molar-refractivity contribution in [2.75, 3.05) is 0 Å². The van der Waals surface area contributed by atoms with Crippen molar-refractivity contribution in [2.24, 2.45) is 7.05 Å². The Kier molecular flexibility index (Phi) is 4.15. The molecule has 2 aromatic carbocycles. The van der Waals surface area contributed by atoms with Crippen molar-refractivity contribution >= 4 is 0 Å². The number of aryl methyl sites for hydroxylation is 3. The molecule has 0 N–H and O–H groups in total. The summed E-state index contributed by atoms with van der Waals surface area (Å²) in [5.41, 5.74) is 8.49. The SMILES string of the molecule is Cc1cc(-c2ccccc2C)[n+](C)cc1-c1cccc2c1OC(C)(C)C2(C)C. The van der Waals surface area contributed by atoms with Gasteiger partial charge in [-0.05, 0) is 44.9 Å². The smallest absolute Gasteiger partial charge is 0.212 e. The van der Waals surface area contributed by atoms with E-state index in [-0.39, 0.29) is 11.0 Å². The zero-order valence-electron chi connectivity index (χ0n) is 18.1. The fourth-order valence-corrected chi connectivity index (χ4v) is 4.22. The van der Waals surface area contributed by atoms with Gasteiger partial charge < -0.3 is 4.74 Å². The monoisotopic (exact) mass is 372 g/mol. The van der Waals surface area contributed by atoms with Crippen molar-refractivity contribution in [3.63, 3.8) is 0 Å². The molecule has 1 aromatic heterocycles. The fourth-order valence-electron chi connectivity index (χ4n) is 4.22. The van der Waals surface area contributed by atoms with Crippen LogP contribution in [0.15, 0.2) is 54.7 Å². The summed E-state index contributed by atoms with van der Waals surface area (Å²) in [5.74, 6) is 1.03. The molecule has 0 spiro atoms. The predicted molar refractivity (Wildman–Crippen MR) is 116 cm³/mol. The fraction of sp³-hybridized carbons (Fsp3) is 0.346. The number of nitrogens with zero attached hydrogens (tertiary/aromatic N) is 1. The Morgan fingerprint density at radius 2 is 1.46 bits per heavy atom. The van der Waals surface area contributed by atoms with Crippen LogP contribution in [-0.4, -0.2) is 5.60 Å². The first kappa shape index (κ1) is 18.7. The Labute approximate surface area is 168 Å². The second kappa shape index (κ2) is 6.20. The molecule has 0 amide bonds. The average molecular weight is 373 g/mol. The maximum Gasteiger partial charge on any atom is 0.212 e. The average Bonchev–Trinajstić information content (AvgIpc) is 2.82. The van der Waals surface area contributed by atoms with Crippen LogP contribution in [0.5, 0.6) is 5.75 Å². The van der Waals surface area contributed by atoms with E-state index in [1.165, 1.54) is 39.1 Å². The summed E-state index contributed by atoms with van der Waals surface area (Å²) in [6, 6.07) is 17.4. The molecule has 2 heterocycles. The van der Waals surface area contributed by atoms with Gasteiger partial charge in [-0.25, -0.2) is 4.57 Å². The number of fused-ring (bicyclic) bond motifs is 1. The lowest BCUT2D eigenvalue weighted by molar-refractivity contribution is -0.660. The van der Waals surface area contributed by atoms with E-state index >= 15 is 0 Å². The standard InChI is InChI=1S/C26H30NO/c1-17-11-8-9-12-19(17)23-15-18(2)21(16-27(23)7)20-13-10-14-22-24(20)28-26(5,6)25(22,3)4/h8-16H,1-7H3/q+1. The van der Waals surface area contributed by atoms with E-state index in [0.717, 1.165) is 5.75 Å². The minimum absolute atomic E-state index is 0.0322. The van der Waals surface area contributed by atoms with E-state index in [9.17, 15) is 0 Å². The van der Waals surface area contributed by atoms with Crippen molar-refractivity contribution in [3.8, 4) is 28.1 Å². The maximum atomic E-state index is 6.51. The van der Waals surface area contributed by atoms with Crippen LogP contribution in [-0.2, 0) is 12.5 Å². The zero-order chi connectivity index (χ0) is 20.3. The quantitative estimate of drug-likeness (QED) is 0.510. The Morgan fingerprint density at radius 1 is 0.786 bits per heavy atom. The minimum atomic E-state index is -0.234. The molecule has 4 rings (SSSR count). The number of para-hydroxylation sites is 1. The number of rotatable bonds is 2. The van der Waals surface area contributed by atoms with Gasteiger partial charge in [-0.15, -0.1) is 0 Å². The predicted octanol–water partition coefficient (Wildman–Crippen LogP) is 5.91. The van der Waals surface area contributed by atoms with E-state index < -0.39 is 0 Å². The molecule has 0 bridgehead atoms. The Morgan fingerprint density at radius 3 is 2.18 bits per heavy atom. The largest absolute Gasteiger partial charge is 0.486 e. The van der Waals surface area contributed by atoms with Crippen molar-refractivity contribution in [1.29, 1.82) is 0 Å². The van der Waals surface area contributed by atoms with Gasteiger partial charge in [-0.3, -0.25) is 0 Å². The number of hydrogen-bond acceptors (Lipinski definition) is 1. The lowest BCUT2D eigenvalue weighted by atomic mass is 9.73. The van der Waals surface area contributed by atoms with Crippen LogP contribution in [0.1, 0.15) is 44.4 Å². The second-order valence-electron chi connectivity index (χ2n) is 9.10. The summed E-state index contributed by atoms with van der Waals surface area (Å²) in [4.78, 5) is 0. The van der Waals surface area contributed by atoms with Gasteiger partial charge in [0.2, 0.25) is 5.69 Å². The molecule has 0 radical (unpaired) electrons. The molecule has 0 aliphatic carbocycles. The normalized spacial score (nSPS) is 16.5. The summed E-state index contributed by atoms with van der Waals surface area (Å²) in [6.45, 7) is 13.3. The van der Waals surface area contributed by atoms with Gasteiger partial charge in [0.25, 0.3) is 0 Å². The van der Waals surface area contributed by atoms with Gasteiger partial charge in [-0.2, -0.15) is 0 Å². The molecule has 0 unspecified atom stereocenters. The van der Waals surface area contributed by atoms with Gasteiger partial charge in [0, 0.05) is 28.2 Å². The highest BCUT2D eigenvalue weighted by Crippen LogP contribution is 2.52. The van der Waals surface area contributed by atoms with Crippen LogP contribution in [0.25, 0.3) is 22.4 Å². The molecular weight excluding hydrogens is 342 g/mol. The molecule has 1 aliphatic heterocycles. The van der Waals surface area contributed by atoms with Crippen molar-refractivity contribution in [3.05, 3.63) is 71.4 Å². The number of ether oxygens (including phenoxy) is 1. The van der Waals surface area contributed by atoms with Crippen LogP contribution < -0.4 is 9.30 Å². The third-order valence-electron chi connectivity index (χ3n) is 6.74. The highest BCUT2D eigenvalue weighted by molar-refractivity contribution is 5.77. The molecule has 0 saturated heterocycles. The summed E-state index contributed by atoms with van der Waals surface area (Å²) in [6.07, 6.45) is 2.24. The summed E-state index contributed by atoms with van der Waals surface area (Å²) in [5, 5.41) is 0. The Hall–Kier alpha value is -2.61. The van der Waals surface area contributed by atoms with Crippen LogP contribution in [0.4, 0.5) is 0 Å². The van der Waals surface area contributed by atoms with Gasteiger partial charge in [0.15, 0.2) is 6.20 Å². The van der Waals surface area contributed by atoms with Crippen molar-refractivity contribution in [1.82, 2.24) is 0 Å². The van der Waals surface area contributed by atoms with E-state index in [1.807, 2.05) is 0 Å². The Balaban J connectivity index is 1.89. The first-order valence-electron chi connectivity index (χ1n) is 10.0. The maximum absolute atomic E-state index is 6.51. The Bertz CT molecular complexity index is 1080. The third-order valence-corrected chi connectivity index (χ3v) is 6.74. The molecule has 2 heteroatoms.